The molecule has 0 aliphatic heterocycles. The first-order valence-electron chi connectivity index (χ1n) is 8.68. The number of carbonyl (C=O) groups is 2. The first-order chi connectivity index (χ1) is 13.5. The van der Waals surface area contributed by atoms with Gasteiger partial charge < -0.3 is 16.2 Å². The van der Waals surface area contributed by atoms with Crippen LogP contribution >= 0.6 is 11.6 Å². The van der Waals surface area contributed by atoms with Crippen molar-refractivity contribution in [2.24, 2.45) is 5.73 Å². The van der Waals surface area contributed by atoms with Crippen LogP contribution in [0, 0.1) is 0 Å². The summed E-state index contributed by atoms with van der Waals surface area (Å²) in [4.78, 5) is 23.7. The topological polar surface area (TPSA) is 92.4 Å². The van der Waals surface area contributed by atoms with Gasteiger partial charge in [0.25, 0.3) is 5.91 Å². The molecule has 3 aromatic rings. The number of anilines is 1. The molecule has 0 aliphatic rings. The highest BCUT2D eigenvalue weighted by Gasteiger charge is 2.12. The smallest absolute Gasteiger partial charge is 0.307 e. The summed E-state index contributed by atoms with van der Waals surface area (Å²) < 4.78 is 0. The maximum Gasteiger partial charge on any atom is 0.307 e. The fraction of sp³-hybridized carbons (Fsp3) is 0.0909. The van der Waals surface area contributed by atoms with E-state index in [1.807, 2.05) is 18.2 Å². The Kier molecular flexibility index (Phi) is 6.09. The standard InChI is InChI=1S/C22H19ClN2O3/c23-19-9-8-15(11-18(19)13-24)14-5-3-6-17(10-14)22(28)25-20-7-2-1-4-16(20)12-21(26)27/h1-11H,12-13,24H2,(H,25,28)(H,26,27). The number of aliphatic carboxylic acids is 1. The molecule has 3 aromatic carbocycles. The monoisotopic (exact) mass is 394 g/mol. The van der Waals surface area contributed by atoms with Crippen molar-refractivity contribution in [3.05, 3.63) is 88.4 Å². The van der Waals surface area contributed by atoms with Crippen molar-refractivity contribution in [2.75, 3.05) is 5.32 Å². The van der Waals surface area contributed by atoms with Crippen LogP contribution in [-0.4, -0.2) is 17.0 Å². The number of nitrogens with one attached hydrogen (secondary N) is 1. The molecule has 0 atom stereocenters. The van der Waals surface area contributed by atoms with Crippen molar-refractivity contribution in [3.8, 4) is 11.1 Å². The summed E-state index contributed by atoms with van der Waals surface area (Å²) in [5, 5.41) is 12.4. The Labute approximate surface area is 167 Å². The molecule has 0 unspecified atom stereocenters. The minimum Gasteiger partial charge on any atom is -0.481 e. The number of carboxylic acid groups (broad SMARTS) is 1. The Bertz CT molecular complexity index is 1030. The van der Waals surface area contributed by atoms with Crippen molar-refractivity contribution in [1.82, 2.24) is 0 Å². The summed E-state index contributed by atoms with van der Waals surface area (Å²) in [5.74, 6) is -1.27. The predicted octanol–water partition coefficient (Wildman–Crippen LogP) is 4.35. The molecular formula is C22H19ClN2O3. The van der Waals surface area contributed by atoms with Crippen LogP contribution < -0.4 is 11.1 Å². The molecule has 0 radical (unpaired) electrons. The number of nitrogens with two attached hydrogens (primary N) is 1. The lowest BCUT2D eigenvalue weighted by atomic mass is 10.0. The molecule has 1 amide bonds. The molecule has 4 N–H and O–H groups in total. The third kappa shape index (κ3) is 4.57. The number of hydrogen-bond donors (Lipinski definition) is 3. The Morgan fingerprint density at radius 1 is 0.929 bits per heavy atom. The Morgan fingerprint density at radius 2 is 1.68 bits per heavy atom. The number of halogens is 1. The largest absolute Gasteiger partial charge is 0.481 e. The SMILES string of the molecule is NCc1cc(-c2cccc(C(=O)Nc3ccccc3CC(=O)O)c2)ccc1Cl. The first-order valence-corrected chi connectivity index (χ1v) is 9.05. The van der Waals surface area contributed by atoms with Crippen LogP contribution in [0.4, 0.5) is 5.69 Å². The number of hydrogen-bond acceptors (Lipinski definition) is 3. The normalized spacial score (nSPS) is 10.5. The van der Waals surface area contributed by atoms with Crippen molar-refractivity contribution in [3.63, 3.8) is 0 Å². The van der Waals surface area contributed by atoms with Crippen LogP contribution in [0.15, 0.2) is 66.7 Å². The number of carboxylic acids is 1. The Balaban J connectivity index is 1.87. The van der Waals surface area contributed by atoms with E-state index < -0.39 is 5.97 Å². The molecule has 0 aliphatic carbocycles. The number of rotatable bonds is 6. The van der Waals surface area contributed by atoms with Gasteiger partial charge in [0.1, 0.15) is 0 Å². The molecule has 0 fully saturated rings. The van der Waals surface area contributed by atoms with Gasteiger partial charge in [0.2, 0.25) is 0 Å². The van der Waals surface area contributed by atoms with Crippen LogP contribution in [0.2, 0.25) is 5.02 Å². The predicted molar refractivity (Wildman–Crippen MR) is 111 cm³/mol. The van der Waals surface area contributed by atoms with Gasteiger partial charge in [-0.05, 0) is 52.6 Å². The summed E-state index contributed by atoms with van der Waals surface area (Å²) in [6.07, 6.45) is -0.164. The zero-order chi connectivity index (χ0) is 20.1. The molecule has 0 bridgehead atoms. The van der Waals surface area contributed by atoms with Crippen LogP contribution in [0.1, 0.15) is 21.5 Å². The molecule has 0 saturated carbocycles. The Morgan fingerprint density at radius 3 is 2.43 bits per heavy atom. The van der Waals surface area contributed by atoms with E-state index in [0.29, 0.717) is 28.4 Å². The molecular weight excluding hydrogens is 376 g/mol. The number of amides is 1. The van der Waals surface area contributed by atoms with Gasteiger partial charge in [0, 0.05) is 22.8 Å². The lowest BCUT2D eigenvalue weighted by molar-refractivity contribution is -0.136. The zero-order valence-electron chi connectivity index (χ0n) is 15.0. The second-order valence-corrected chi connectivity index (χ2v) is 6.68. The molecule has 6 heteroatoms. The molecule has 0 heterocycles. The highest BCUT2D eigenvalue weighted by Crippen LogP contribution is 2.26. The van der Waals surface area contributed by atoms with E-state index in [1.54, 1.807) is 48.5 Å². The number of carbonyl (C=O) groups excluding carboxylic acids is 1. The fourth-order valence-corrected chi connectivity index (χ4v) is 3.10. The quantitative estimate of drug-likeness (QED) is 0.579. The molecule has 28 heavy (non-hydrogen) atoms. The van der Waals surface area contributed by atoms with Crippen LogP contribution in [0.25, 0.3) is 11.1 Å². The van der Waals surface area contributed by atoms with Gasteiger partial charge in [-0.1, -0.05) is 48.0 Å². The first kappa shape index (κ1) is 19.6. The van der Waals surface area contributed by atoms with Gasteiger partial charge in [0.05, 0.1) is 6.42 Å². The number of benzene rings is 3. The molecule has 0 spiro atoms. The molecule has 142 valence electrons. The molecule has 0 saturated heterocycles. The van der Waals surface area contributed by atoms with Crippen molar-refractivity contribution >= 4 is 29.2 Å². The minimum absolute atomic E-state index is 0.164. The van der Waals surface area contributed by atoms with E-state index in [9.17, 15) is 9.59 Å². The molecule has 3 rings (SSSR count). The van der Waals surface area contributed by atoms with Crippen LogP contribution in [-0.2, 0) is 17.8 Å². The molecule has 0 aromatic heterocycles. The maximum absolute atomic E-state index is 12.7. The third-order valence-electron chi connectivity index (χ3n) is 4.33. The second-order valence-electron chi connectivity index (χ2n) is 6.27. The van der Waals surface area contributed by atoms with E-state index in [0.717, 1.165) is 16.7 Å². The highest BCUT2D eigenvalue weighted by atomic mass is 35.5. The van der Waals surface area contributed by atoms with Gasteiger partial charge in [-0.15, -0.1) is 0 Å². The second kappa shape index (κ2) is 8.69. The van der Waals surface area contributed by atoms with Gasteiger partial charge >= 0.3 is 5.97 Å². The lowest BCUT2D eigenvalue weighted by Gasteiger charge is -2.11. The van der Waals surface area contributed by atoms with E-state index >= 15 is 0 Å². The average Bonchev–Trinajstić information content (AvgIpc) is 2.69. The van der Waals surface area contributed by atoms with Gasteiger partial charge in [-0.25, -0.2) is 0 Å². The van der Waals surface area contributed by atoms with Crippen molar-refractivity contribution in [2.45, 2.75) is 13.0 Å². The lowest BCUT2D eigenvalue weighted by Crippen LogP contribution is -2.14. The highest BCUT2D eigenvalue weighted by molar-refractivity contribution is 6.31. The van der Waals surface area contributed by atoms with Crippen molar-refractivity contribution in [1.29, 1.82) is 0 Å². The number of para-hydroxylation sites is 1. The summed E-state index contributed by atoms with van der Waals surface area (Å²) in [7, 11) is 0. The maximum atomic E-state index is 12.7. The van der Waals surface area contributed by atoms with E-state index in [2.05, 4.69) is 5.32 Å². The third-order valence-corrected chi connectivity index (χ3v) is 4.70. The van der Waals surface area contributed by atoms with Gasteiger partial charge in [-0.2, -0.15) is 0 Å². The van der Waals surface area contributed by atoms with E-state index in [4.69, 9.17) is 22.4 Å². The van der Waals surface area contributed by atoms with E-state index in [-0.39, 0.29) is 12.3 Å². The summed E-state index contributed by atoms with van der Waals surface area (Å²) in [6, 6.07) is 19.6. The molecule has 5 nitrogen and oxygen atoms in total. The van der Waals surface area contributed by atoms with E-state index in [1.165, 1.54) is 0 Å². The summed E-state index contributed by atoms with van der Waals surface area (Å²) >= 11 is 6.12. The summed E-state index contributed by atoms with van der Waals surface area (Å²) in [5.41, 5.74) is 9.81. The minimum atomic E-state index is -0.956. The van der Waals surface area contributed by atoms with Crippen molar-refractivity contribution < 1.29 is 14.7 Å². The Hall–Kier alpha value is -3.15. The van der Waals surface area contributed by atoms with Crippen LogP contribution in [0.3, 0.4) is 0 Å². The average molecular weight is 395 g/mol. The van der Waals surface area contributed by atoms with Gasteiger partial charge in [0.15, 0.2) is 0 Å². The van der Waals surface area contributed by atoms with Gasteiger partial charge in [-0.3, -0.25) is 9.59 Å². The van der Waals surface area contributed by atoms with Crippen LogP contribution in [0.5, 0.6) is 0 Å². The summed E-state index contributed by atoms with van der Waals surface area (Å²) in [6.45, 7) is 0.327. The zero-order valence-corrected chi connectivity index (χ0v) is 15.7. The fourth-order valence-electron chi connectivity index (χ4n) is 2.90.